The molecule has 2 N–H and O–H groups in total. The zero-order chi connectivity index (χ0) is 13.1. The van der Waals surface area contributed by atoms with E-state index in [-0.39, 0.29) is 18.1 Å². The normalized spacial score (nSPS) is 10.2. The maximum atomic E-state index is 10.9. The Morgan fingerprint density at radius 1 is 1.44 bits per heavy atom. The fourth-order valence-electron chi connectivity index (χ4n) is 1.66. The van der Waals surface area contributed by atoms with Crippen molar-refractivity contribution < 1.29 is 14.8 Å². The molecule has 0 saturated heterocycles. The molecular weight excluding hydrogens is 238 g/mol. The number of pyridine rings is 1. The van der Waals surface area contributed by atoms with Gasteiger partial charge in [-0.15, -0.1) is 0 Å². The number of rotatable bonds is 4. The number of nitro benzene ring substituents is 1. The van der Waals surface area contributed by atoms with E-state index in [9.17, 15) is 14.9 Å². The largest absolute Gasteiger partial charge is 0.480 e. The molecule has 0 spiro atoms. The fourth-order valence-corrected chi connectivity index (χ4v) is 1.66. The number of non-ortho nitro benzene ring substituents is 1. The number of anilines is 1. The van der Waals surface area contributed by atoms with Crippen molar-refractivity contribution in [2.24, 2.45) is 0 Å². The van der Waals surface area contributed by atoms with Crippen LogP contribution in [0, 0.1) is 10.1 Å². The molecule has 0 amide bonds. The molecule has 92 valence electrons. The second-order valence-corrected chi connectivity index (χ2v) is 3.54. The van der Waals surface area contributed by atoms with Crippen LogP contribution in [0.2, 0.25) is 0 Å². The van der Waals surface area contributed by atoms with Crippen LogP contribution >= 0.6 is 0 Å². The van der Waals surface area contributed by atoms with Crippen LogP contribution < -0.4 is 5.32 Å². The van der Waals surface area contributed by atoms with E-state index < -0.39 is 10.9 Å². The molecular formula is C11H9N3O4. The highest BCUT2D eigenvalue weighted by Crippen LogP contribution is 2.30. The lowest BCUT2D eigenvalue weighted by Gasteiger charge is -2.06. The summed E-state index contributed by atoms with van der Waals surface area (Å²) >= 11 is 0. The highest BCUT2D eigenvalue weighted by molar-refractivity contribution is 5.99. The number of carboxylic acid groups (broad SMARTS) is 1. The van der Waals surface area contributed by atoms with E-state index >= 15 is 0 Å². The molecule has 1 aromatic heterocycles. The molecule has 2 aromatic rings. The van der Waals surface area contributed by atoms with Gasteiger partial charge in [-0.2, -0.15) is 0 Å². The third-order valence-electron chi connectivity index (χ3n) is 2.37. The average Bonchev–Trinajstić information content (AvgIpc) is 2.35. The number of nitrogens with one attached hydrogen (secondary N) is 1. The van der Waals surface area contributed by atoms with E-state index in [1.165, 1.54) is 12.3 Å². The Hall–Kier alpha value is -2.70. The molecule has 0 bridgehead atoms. The summed E-state index contributed by atoms with van der Waals surface area (Å²) in [7, 11) is 0. The summed E-state index contributed by atoms with van der Waals surface area (Å²) < 4.78 is 0. The maximum absolute atomic E-state index is 10.9. The van der Waals surface area contributed by atoms with Crippen LogP contribution in [-0.2, 0) is 4.79 Å². The van der Waals surface area contributed by atoms with Gasteiger partial charge >= 0.3 is 5.97 Å². The van der Waals surface area contributed by atoms with Crippen molar-refractivity contribution in [1.82, 2.24) is 4.98 Å². The summed E-state index contributed by atoms with van der Waals surface area (Å²) in [5.74, 6) is -0.866. The summed E-state index contributed by atoms with van der Waals surface area (Å²) in [6, 6.07) is 6.27. The second-order valence-electron chi connectivity index (χ2n) is 3.54. The molecule has 0 aliphatic rings. The van der Waals surface area contributed by atoms with Gasteiger partial charge in [0.25, 0.3) is 5.69 Å². The Bertz CT molecular complexity index is 621. The topological polar surface area (TPSA) is 105 Å². The van der Waals surface area contributed by atoms with E-state index in [0.717, 1.165) is 0 Å². The number of hydrogen-bond donors (Lipinski definition) is 2. The average molecular weight is 247 g/mol. The first-order valence-corrected chi connectivity index (χ1v) is 5.07. The Labute approximate surface area is 101 Å². The van der Waals surface area contributed by atoms with Crippen LogP contribution in [0.3, 0.4) is 0 Å². The minimum absolute atomic E-state index is 0.103. The lowest BCUT2D eigenvalue weighted by molar-refractivity contribution is -0.383. The number of aliphatic carboxylic acids is 1. The van der Waals surface area contributed by atoms with Crippen LogP contribution in [0.15, 0.2) is 30.5 Å². The standard InChI is InChI=1S/C11H9N3O4/c15-9(16)6-13-11-10-7(4-5-12-11)2-1-3-8(10)14(17)18/h1-5H,6H2,(H,12,13)(H,15,16). The summed E-state index contributed by atoms with van der Waals surface area (Å²) in [6.45, 7) is -0.349. The Morgan fingerprint density at radius 2 is 2.22 bits per heavy atom. The summed E-state index contributed by atoms with van der Waals surface area (Å²) in [5.41, 5.74) is -0.103. The third kappa shape index (κ3) is 2.19. The third-order valence-corrected chi connectivity index (χ3v) is 2.37. The zero-order valence-corrected chi connectivity index (χ0v) is 9.16. The van der Waals surface area contributed by atoms with Crippen LogP contribution in [0.1, 0.15) is 0 Å². The van der Waals surface area contributed by atoms with E-state index in [2.05, 4.69) is 10.3 Å². The zero-order valence-electron chi connectivity index (χ0n) is 9.16. The minimum Gasteiger partial charge on any atom is -0.480 e. The number of carbonyl (C=O) groups is 1. The first kappa shape index (κ1) is 11.8. The van der Waals surface area contributed by atoms with Crippen LogP contribution in [-0.4, -0.2) is 27.5 Å². The molecule has 1 aromatic carbocycles. The maximum Gasteiger partial charge on any atom is 0.322 e. The van der Waals surface area contributed by atoms with E-state index in [1.807, 2.05) is 0 Å². The number of aromatic nitrogens is 1. The van der Waals surface area contributed by atoms with Crippen LogP contribution in [0.25, 0.3) is 10.8 Å². The summed E-state index contributed by atoms with van der Waals surface area (Å²) in [4.78, 5) is 24.9. The number of nitro groups is 1. The smallest absolute Gasteiger partial charge is 0.322 e. The lowest BCUT2D eigenvalue weighted by Crippen LogP contribution is -2.13. The minimum atomic E-state index is -1.06. The first-order chi connectivity index (χ1) is 8.59. The number of carboxylic acids is 1. The van der Waals surface area contributed by atoms with Gasteiger partial charge in [0.2, 0.25) is 0 Å². The van der Waals surface area contributed by atoms with Crippen molar-refractivity contribution in [2.45, 2.75) is 0 Å². The van der Waals surface area contributed by atoms with E-state index in [4.69, 9.17) is 5.11 Å². The predicted molar refractivity (Wildman–Crippen MR) is 64.5 cm³/mol. The highest BCUT2D eigenvalue weighted by Gasteiger charge is 2.16. The van der Waals surface area contributed by atoms with Crippen molar-refractivity contribution in [3.8, 4) is 0 Å². The van der Waals surface area contributed by atoms with E-state index in [0.29, 0.717) is 10.8 Å². The van der Waals surface area contributed by atoms with Gasteiger partial charge in [0, 0.05) is 12.3 Å². The van der Waals surface area contributed by atoms with Crippen molar-refractivity contribution in [3.63, 3.8) is 0 Å². The van der Waals surface area contributed by atoms with Gasteiger partial charge in [0.05, 0.1) is 4.92 Å². The molecule has 0 fully saturated rings. The molecule has 1 heterocycles. The van der Waals surface area contributed by atoms with Gasteiger partial charge in [0.1, 0.15) is 17.7 Å². The number of hydrogen-bond acceptors (Lipinski definition) is 5. The quantitative estimate of drug-likeness (QED) is 0.628. The molecule has 7 nitrogen and oxygen atoms in total. The lowest BCUT2D eigenvalue weighted by atomic mass is 10.1. The first-order valence-electron chi connectivity index (χ1n) is 5.07. The van der Waals surface area contributed by atoms with Crippen molar-refractivity contribution >= 4 is 28.2 Å². The Balaban J connectivity index is 2.58. The molecule has 0 aliphatic carbocycles. The van der Waals surface area contributed by atoms with Gasteiger partial charge in [-0.3, -0.25) is 14.9 Å². The molecule has 18 heavy (non-hydrogen) atoms. The van der Waals surface area contributed by atoms with Crippen molar-refractivity contribution in [3.05, 3.63) is 40.6 Å². The molecule has 0 aliphatic heterocycles. The van der Waals surface area contributed by atoms with Gasteiger partial charge in [-0.1, -0.05) is 12.1 Å². The fraction of sp³-hybridized carbons (Fsp3) is 0.0909. The summed E-state index contributed by atoms with van der Waals surface area (Å²) in [5, 5.41) is 23.1. The van der Waals surface area contributed by atoms with Gasteiger partial charge < -0.3 is 10.4 Å². The molecule has 7 heteroatoms. The molecule has 0 atom stereocenters. The van der Waals surface area contributed by atoms with Crippen molar-refractivity contribution in [1.29, 1.82) is 0 Å². The van der Waals surface area contributed by atoms with Gasteiger partial charge in [0.15, 0.2) is 0 Å². The number of fused-ring (bicyclic) bond motifs is 1. The number of benzene rings is 1. The monoisotopic (exact) mass is 247 g/mol. The number of nitrogens with zero attached hydrogens (tertiary/aromatic N) is 2. The Kier molecular flexibility index (Phi) is 3.05. The Morgan fingerprint density at radius 3 is 2.89 bits per heavy atom. The molecule has 2 rings (SSSR count). The van der Waals surface area contributed by atoms with Gasteiger partial charge in [-0.25, -0.2) is 4.98 Å². The SMILES string of the molecule is O=C(O)CNc1nccc2cccc([N+](=O)[O-])c12. The highest BCUT2D eigenvalue weighted by atomic mass is 16.6. The van der Waals surface area contributed by atoms with E-state index in [1.54, 1.807) is 18.2 Å². The van der Waals surface area contributed by atoms with Crippen molar-refractivity contribution in [2.75, 3.05) is 11.9 Å². The second kappa shape index (κ2) is 4.66. The van der Waals surface area contributed by atoms with Crippen LogP contribution in [0.5, 0.6) is 0 Å². The van der Waals surface area contributed by atoms with Gasteiger partial charge in [-0.05, 0) is 11.5 Å². The predicted octanol–water partition coefficient (Wildman–Crippen LogP) is 1.64. The molecule has 0 unspecified atom stereocenters. The molecule has 0 radical (unpaired) electrons. The summed E-state index contributed by atoms with van der Waals surface area (Å²) in [6.07, 6.45) is 1.47. The van der Waals surface area contributed by atoms with Crippen LogP contribution in [0.4, 0.5) is 11.5 Å². The molecule has 0 saturated carbocycles.